The molecule has 0 aromatic heterocycles. The molecule has 2 atom stereocenters. The Kier molecular flexibility index (Phi) is 4.69. The van der Waals surface area contributed by atoms with E-state index in [-0.39, 0.29) is 12.1 Å². The Balaban J connectivity index is 2.01. The highest BCUT2D eigenvalue weighted by molar-refractivity contribution is 6.33. The normalized spacial score (nSPS) is 22.4. The summed E-state index contributed by atoms with van der Waals surface area (Å²) in [6, 6.07) is 5.47. The summed E-state index contributed by atoms with van der Waals surface area (Å²) in [6.07, 6.45) is 4.24. The second-order valence-corrected chi connectivity index (χ2v) is 5.35. The van der Waals surface area contributed by atoms with Crippen molar-refractivity contribution in [3.05, 3.63) is 33.8 Å². The van der Waals surface area contributed by atoms with E-state index in [1.165, 1.54) is 6.42 Å². The lowest BCUT2D eigenvalue weighted by molar-refractivity contribution is 0.000640. The lowest BCUT2D eigenvalue weighted by atomic mass is 9.97. The second-order valence-electron chi connectivity index (χ2n) is 4.51. The number of hydrogen-bond acceptors (Lipinski definition) is 2. The van der Waals surface area contributed by atoms with Crippen LogP contribution in [0.1, 0.15) is 24.8 Å². The smallest absolute Gasteiger partial charge is 0.0729 e. The number of benzene rings is 1. The summed E-state index contributed by atoms with van der Waals surface area (Å²) in [5.74, 6) is 0. The summed E-state index contributed by atoms with van der Waals surface area (Å²) in [5.41, 5.74) is 7.17. The lowest BCUT2D eigenvalue weighted by Crippen LogP contribution is -2.40. The van der Waals surface area contributed by atoms with E-state index < -0.39 is 0 Å². The van der Waals surface area contributed by atoms with Crippen molar-refractivity contribution in [1.82, 2.24) is 0 Å². The Labute approximate surface area is 112 Å². The molecule has 0 radical (unpaired) electrons. The van der Waals surface area contributed by atoms with Crippen LogP contribution in [0.25, 0.3) is 0 Å². The third-order valence-corrected chi connectivity index (χ3v) is 3.76. The first-order chi connectivity index (χ1) is 8.16. The van der Waals surface area contributed by atoms with E-state index in [9.17, 15) is 0 Å². The van der Waals surface area contributed by atoms with Crippen molar-refractivity contribution in [3.63, 3.8) is 0 Å². The van der Waals surface area contributed by atoms with Crippen LogP contribution in [0.4, 0.5) is 0 Å². The molecule has 1 heterocycles. The molecule has 2 nitrogen and oxygen atoms in total. The molecule has 1 saturated heterocycles. The van der Waals surface area contributed by atoms with Crippen molar-refractivity contribution in [2.45, 2.75) is 37.8 Å². The van der Waals surface area contributed by atoms with Gasteiger partial charge in [-0.2, -0.15) is 0 Å². The van der Waals surface area contributed by atoms with E-state index in [0.717, 1.165) is 30.0 Å². The molecule has 1 aromatic carbocycles. The molecule has 1 aromatic rings. The van der Waals surface area contributed by atoms with Crippen LogP contribution >= 0.6 is 23.2 Å². The minimum Gasteiger partial charge on any atom is -0.377 e. The molecule has 0 spiro atoms. The van der Waals surface area contributed by atoms with Gasteiger partial charge in [0.25, 0.3) is 0 Å². The molecule has 17 heavy (non-hydrogen) atoms. The van der Waals surface area contributed by atoms with Crippen LogP contribution in [0, 0.1) is 0 Å². The number of halogens is 2. The number of rotatable bonds is 3. The summed E-state index contributed by atoms with van der Waals surface area (Å²) >= 11 is 12.1. The molecule has 94 valence electrons. The molecule has 0 bridgehead atoms. The van der Waals surface area contributed by atoms with Gasteiger partial charge in [-0.15, -0.1) is 0 Å². The average molecular weight is 274 g/mol. The highest BCUT2D eigenvalue weighted by Gasteiger charge is 2.22. The van der Waals surface area contributed by atoms with Gasteiger partial charge in [-0.1, -0.05) is 23.2 Å². The van der Waals surface area contributed by atoms with Gasteiger partial charge >= 0.3 is 0 Å². The van der Waals surface area contributed by atoms with E-state index in [1.807, 2.05) is 12.1 Å². The molecular weight excluding hydrogens is 257 g/mol. The molecule has 2 rings (SSSR count). The van der Waals surface area contributed by atoms with Gasteiger partial charge in [0.1, 0.15) is 0 Å². The van der Waals surface area contributed by atoms with E-state index in [0.29, 0.717) is 11.4 Å². The van der Waals surface area contributed by atoms with Gasteiger partial charge in [-0.3, -0.25) is 0 Å². The quantitative estimate of drug-likeness (QED) is 0.916. The molecule has 4 heteroatoms. The Morgan fingerprint density at radius 1 is 1.35 bits per heavy atom. The zero-order valence-corrected chi connectivity index (χ0v) is 11.2. The fourth-order valence-electron chi connectivity index (χ4n) is 2.19. The number of ether oxygens (including phenoxy) is 1. The van der Waals surface area contributed by atoms with Crippen LogP contribution in [-0.2, 0) is 11.2 Å². The third kappa shape index (κ3) is 3.59. The first kappa shape index (κ1) is 13.2. The Morgan fingerprint density at radius 2 is 2.18 bits per heavy atom. The highest BCUT2D eigenvalue weighted by Crippen LogP contribution is 2.24. The van der Waals surface area contributed by atoms with Gasteiger partial charge in [-0.25, -0.2) is 0 Å². The molecular formula is C13H17Cl2NO. The molecule has 2 N–H and O–H groups in total. The maximum atomic E-state index is 6.17. The molecule has 1 aliphatic rings. The van der Waals surface area contributed by atoms with Crippen LogP contribution in [0.5, 0.6) is 0 Å². The van der Waals surface area contributed by atoms with E-state index in [1.54, 1.807) is 6.07 Å². The second kappa shape index (κ2) is 6.05. The van der Waals surface area contributed by atoms with E-state index in [4.69, 9.17) is 33.7 Å². The van der Waals surface area contributed by atoms with Crippen molar-refractivity contribution < 1.29 is 4.74 Å². The third-order valence-electron chi connectivity index (χ3n) is 3.16. The first-order valence-corrected chi connectivity index (χ1v) is 6.73. The first-order valence-electron chi connectivity index (χ1n) is 5.98. The van der Waals surface area contributed by atoms with Crippen molar-refractivity contribution in [2.24, 2.45) is 5.73 Å². The summed E-state index contributed by atoms with van der Waals surface area (Å²) < 4.78 is 5.68. The van der Waals surface area contributed by atoms with Gasteiger partial charge in [-0.05, 0) is 49.4 Å². The summed E-state index contributed by atoms with van der Waals surface area (Å²) in [6.45, 7) is 0.821. The van der Waals surface area contributed by atoms with Crippen LogP contribution < -0.4 is 5.73 Å². The number of nitrogens with two attached hydrogens (primary N) is 1. The molecule has 0 saturated carbocycles. The van der Waals surface area contributed by atoms with Gasteiger partial charge in [0.05, 0.1) is 6.10 Å². The predicted octanol–water partition coefficient (Wildman–Crippen LogP) is 3.43. The SMILES string of the molecule is NC(Cc1cc(Cl)ccc1Cl)C1CCCCO1. The van der Waals surface area contributed by atoms with Crippen LogP contribution in [0.3, 0.4) is 0 Å². The van der Waals surface area contributed by atoms with Crippen molar-refractivity contribution in [2.75, 3.05) is 6.61 Å². The Hall–Kier alpha value is -0.280. The maximum absolute atomic E-state index is 6.17. The highest BCUT2D eigenvalue weighted by atomic mass is 35.5. The standard InChI is InChI=1S/C13H17Cl2NO/c14-10-4-5-11(15)9(7-10)8-12(16)13-3-1-2-6-17-13/h4-5,7,12-13H,1-3,6,8,16H2. The fourth-order valence-corrected chi connectivity index (χ4v) is 2.58. The molecule has 1 fully saturated rings. The van der Waals surface area contributed by atoms with Crippen LogP contribution in [0.2, 0.25) is 10.0 Å². The zero-order chi connectivity index (χ0) is 12.3. The molecule has 2 unspecified atom stereocenters. The zero-order valence-electron chi connectivity index (χ0n) is 9.66. The van der Waals surface area contributed by atoms with Crippen LogP contribution in [0.15, 0.2) is 18.2 Å². The average Bonchev–Trinajstić information content (AvgIpc) is 2.35. The van der Waals surface area contributed by atoms with Gasteiger partial charge in [0.2, 0.25) is 0 Å². The van der Waals surface area contributed by atoms with E-state index >= 15 is 0 Å². The van der Waals surface area contributed by atoms with Gasteiger partial charge in [0, 0.05) is 22.7 Å². The minimum absolute atomic E-state index is 0.00809. The Morgan fingerprint density at radius 3 is 2.88 bits per heavy atom. The largest absolute Gasteiger partial charge is 0.377 e. The van der Waals surface area contributed by atoms with Crippen LogP contribution in [-0.4, -0.2) is 18.8 Å². The lowest BCUT2D eigenvalue weighted by Gasteiger charge is -2.28. The number of hydrogen-bond donors (Lipinski definition) is 1. The Bertz CT molecular complexity index is 378. The van der Waals surface area contributed by atoms with Crippen molar-refractivity contribution >= 4 is 23.2 Å². The fraction of sp³-hybridized carbons (Fsp3) is 0.538. The van der Waals surface area contributed by atoms with Crippen molar-refractivity contribution in [1.29, 1.82) is 0 Å². The topological polar surface area (TPSA) is 35.2 Å². The monoisotopic (exact) mass is 273 g/mol. The maximum Gasteiger partial charge on any atom is 0.0729 e. The summed E-state index contributed by atoms with van der Waals surface area (Å²) in [7, 11) is 0. The molecule has 0 aliphatic carbocycles. The molecule has 1 aliphatic heterocycles. The summed E-state index contributed by atoms with van der Waals surface area (Å²) in [4.78, 5) is 0. The summed E-state index contributed by atoms with van der Waals surface area (Å²) in [5, 5.41) is 1.42. The predicted molar refractivity (Wildman–Crippen MR) is 71.7 cm³/mol. The minimum atomic E-state index is -0.00809. The van der Waals surface area contributed by atoms with Gasteiger partial charge < -0.3 is 10.5 Å². The van der Waals surface area contributed by atoms with Crippen molar-refractivity contribution in [3.8, 4) is 0 Å². The van der Waals surface area contributed by atoms with Gasteiger partial charge in [0.15, 0.2) is 0 Å². The van der Waals surface area contributed by atoms with E-state index in [2.05, 4.69) is 0 Å². The molecule has 0 amide bonds.